The third-order valence-corrected chi connectivity index (χ3v) is 3.36. The van der Waals surface area contributed by atoms with Crippen LogP contribution in [0.1, 0.15) is 18.4 Å². The second-order valence-corrected chi connectivity index (χ2v) is 4.90. The van der Waals surface area contributed by atoms with E-state index in [0.717, 1.165) is 25.9 Å². The van der Waals surface area contributed by atoms with Crippen molar-refractivity contribution in [2.24, 2.45) is 5.92 Å². The van der Waals surface area contributed by atoms with Gasteiger partial charge in [-0.1, -0.05) is 18.2 Å². The van der Waals surface area contributed by atoms with Gasteiger partial charge in [-0.05, 0) is 32.0 Å². The first-order chi connectivity index (χ1) is 9.96. The molecule has 21 heavy (non-hydrogen) atoms. The number of ether oxygens (including phenoxy) is 1. The van der Waals surface area contributed by atoms with Gasteiger partial charge >= 0.3 is 6.36 Å². The fraction of sp³-hybridized carbons (Fsp3) is 0.500. The summed E-state index contributed by atoms with van der Waals surface area (Å²) in [5.74, 6) is -0.490. The molecule has 1 aromatic carbocycles. The Labute approximate surface area is 120 Å². The SMILES string of the molecule is O=C(NCc1ccccc1OC(F)(F)F)C1CCNCC1. The molecule has 0 atom stereocenters. The number of hydrogen-bond donors (Lipinski definition) is 2. The smallest absolute Gasteiger partial charge is 0.405 e. The summed E-state index contributed by atoms with van der Waals surface area (Å²) in [4.78, 5) is 12.0. The van der Waals surface area contributed by atoms with Crippen molar-refractivity contribution in [2.45, 2.75) is 25.7 Å². The Morgan fingerprint density at radius 1 is 1.29 bits per heavy atom. The quantitative estimate of drug-likeness (QED) is 0.896. The first-order valence-corrected chi connectivity index (χ1v) is 6.78. The number of benzene rings is 1. The Kier molecular flexibility index (Phi) is 5.06. The second-order valence-electron chi connectivity index (χ2n) is 4.90. The minimum atomic E-state index is -4.74. The Morgan fingerprint density at radius 2 is 1.95 bits per heavy atom. The van der Waals surface area contributed by atoms with Crippen LogP contribution in [0.25, 0.3) is 0 Å². The van der Waals surface area contributed by atoms with Crippen LogP contribution in [0.15, 0.2) is 24.3 Å². The standard InChI is InChI=1S/C14H17F3N2O2/c15-14(16,17)21-12-4-2-1-3-11(12)9-19-13(20)10-5-7-18-8-6-10/h1-4,10,18H,5-9H2,(H,19,20). The van der Waals surface area contributed by atoms with Gasteiger partial charge in [0.1, 0.15) is 5.75 Å². The fourth-order valence-corrected chi connectivity index (χ4v) is 2.28. The van der Waals surface area contributed by atoms with E-state index in [1.165, 1.54) is 18.2 Å². The van der Waals surface area contributed by atoms with E-state index < -0.39 is 6.36 Å². The van der Waals surface area contributed by atoms with Gasteiger partial charge in [0.05, 0.1) is 0 Å². The van der Waals surface area contributed by atoms with E-state index in [-0.39, 0.29) is 24.1 Å². The predicted octanol–water partition coefficient (Wildman–Crippen LogP) is 2.20. The normalized spacial score (nSPS) is 16.5. The number of alkyl halides is 3. The van der Waals surface area contributed by atoms with Crippen LogP contribution in [0.2, 0.25) is 0 Å². The average molecular weight is 302 g/mol. The predicted molar refractivity (Wildman–Crippen MR) is 70.6 cm³/mol. The molecule has 0 aliphatic carbocycles. The Bertz CT molecular complexity index is 485. The molecule has 1 amide bonds. The maximum absolute atomic E-state index is 12.3. The average Bonchev–Trinajstić information content (AvgIpc) is 2.45. The number of carbonyl (C=O) groups excluding carboxylic acids is 1. The topological polar surface area (TPSA) is 50.4 Å². The van der Waals surface area contributed by atoms with E-state index in [4.69, 9.17) is 0 Å². The third kappa shape index (κ3) is 4.93. The number of para-hydroxylation sites is 1. The lowest BCUT2D eigenvalue weighted by atomic mass is 9.97. The molecule has 0 unspecified atom stereocenters. The van der Waals surface area contributed by atoms with Crippen molar-refractivity contribution in [1.29, 1.82) is 0 Å². The van der Waals surface area contributed by atoms with E-state index >= 15 is 0 Å². The molecular formula is C14H17F3N2O2. The summed E-state index contributed by atoms with van der Waals surface area (Å²) < 4.78 is 40.8. The summed E-state index contributed by atoms with van der Waals surface area (Å²) in [7, 11) is 0. The highest BCUT2D eigenvalue weighted by molar-refractivity contribution is 5.78. The fourth-order valence-electron chi connectivity index (χ4n) is 2.28. The van der Waals surface area contributed by atoms with Crippen molar-refractivity contribution in [2.75, 3.05) is 13.1 Å². The van der Waals surface area contributed by atoms with E-state index in [1.807, 2.05) is 0 Å². The van der Waals surface area contributed by atoms with E-state index in [0.29, 0.717) is 5.56 Å². The van der Waals surface area contributed by atoms with Gasteiger partial charge in [-0.2, -0.15) is 0 Å². The third-order valence-electron chi connectivity index (χ3n) is 3.36. The molecule has 1 heterocycles. The maximum atomic E-state index is 12.3. The van der Waals surface area contributed by atoms with Crippen molar-refractivity contribution in [3.05, 3.63) is 29.8 Å². The molecule has 0 aromatic heterocycles. The van der Waals surface area contributed by atoms with Gasteiger partial charge in [0.15, 0.2) is 0 Å². The molecule has 0 radical (unpaired) electrons. The lowest BCUT2D eigenvalue weighted by Gasteiger charge is -2.22. The van der Waals surface area contributed by atoms with Crippen molar-refractivity contribution in [3.8, 4) is 5.75 Å². The van der Waals surface area contributed by atoms with Crippen LogP contribution < -0.4 is 15.4 Å². The van der Waals surface area contributed by atoms with Gasteiger partial charge in [0, 0.05) is 18.0 Å². The highest BCUT2D eigenvalue weighted by Gasteiger charge is 2.32. The van der Waals surface area contributed by atoms with Gasteiger partial charge in [0.2, 0.25) is 5.91 Å². The van der Waals surface area contributed by atoms with Crippen LogP contribution in [-0.2, 0) is 11.3 Å². The molecule has 1 saturated heterocycles. The Balaban J connectivity index is 1.94. The summed E-state index contributed by atoms with van der Waals surface area (Å²) in [5, 5.41) is 5.83. The van der Waals surface area contributed by atoms with Crippen LogP contribution in [0, 0.1) is 5.92 Å². The largest absolute Gasteiger partial charge is 0.573 e. The first kappa shape index (κ1) is 15.6. The molecule has 1 aromatic rings. The van der Waals surface area contributed by atoms with Crippen molar-refractivity contribution in [3.63, 3.8) is 0 Å². The van der Waals surface area contributed by atoms with E-state index in [2.05, 4.69) is 15.4 Å². The molecule has 4 nitrogen and oxygen atoms in total. The first-order valence-electron chi connectivity index (χ1n) is 6.78. The van der Waals surface area contributed by atoms with Gasteiger partial charge in [-0.25, -0.2) is 0 Å². The van der Waals surface area contributed by atoms with Crippen molar-refractivity contribution in [1.82, 2.24) is 10.6 Å². The Morgan fingerprint density at radius 3 is 2.62 bits per heavy atom. The molecule has 1 aliphatic rings. The highest BCUT2D eigenvalue weighted by Crippen LogP contribution is 2.26. The molecule has 2 N–H and O–H groups in total. The van der Waals surface area contributed by atoms with Gasteiger partial charge in [0.25, 0.3) is 0 Å². The molecule has 2 rings (SSSR count). The van der Waals surface area contributed by atoms with E-state index in [1.54, 1.807) is 6.07 Å². The lowest BCUT2D eigenvalue weighted by molar-refractivity contribution is -0.274. The van der Waals surface area contributed by atoms with Crippen LogP contribution in [0.5, 0.6) is 5.75 Å². The summed E-state index contributed by atoms with van der Waals surface area (Å²) in [6, 6.07) is 5.80. The number of piperidine rings is 1. The van der Waals surface area contributed by atoms with Gasteiger partial charge in [-0.3, -0.25) is 4.79 Å². The van der Waals surface area contributed by atoms with Gasteiger partial charge < -0.3 is 15.4 Å². The molecule has 1 fully saturated rings. The summed E-state index contributed by atoms with van der Waals surface area (Å²) in [6.07, 6.45) is -3.26. The highest BCUT2D eigenvalue weighted by atomic mass is 19.4. The number of hydrogen-bond acceptors (Lipinski definition) is 3. The number of nitrogens with one attached hydrogen (secondary N) is 2. The zero-order valence-electron chi connectivity index (χ0n) is 11.4. The summed E-state index contributed by atoms with van der Waals surface area (Å²) in [5.41, 5.74) is 0.303. The number of amides is 1. The van der Waals surface area contributed by atoms with Crippen LogP contribution in [-0.4, -0.2) is 25.4 Å². The van der Waals surface area contributed by atoms with Crippen LogP contribution >= 0.6 is 0 Å². The molecule has 1 aliphatic heterocycles. The van der Waals surface area contributed by atoms with Crippen LogP contribution in [0.3, 0.4) is 0 Å². The maximum Gasteiger partial charge on any atom is 0.573 e. The molecule has 0 bridgehead atoms. The number of rotatable bonds is 4. The number of carbonyl (C=O) groups is 1. The molecular weight excluding hydrogens is 285 g/mol. The minimum Gasteiger partial charge on any atom is -0.405 e. The lowest BCUT2D eigenvalue weighted by Crippen LogP contribution is -2.38. The van der Waals surface area contributed by atoms with Crippen LogP contribution in [0.4, 0.5) is 13.2 Å². The second kappa shape index (κ2) is 6.80. The van der Waals surface area contributed by atoms with Crippen molar-refractivity contribution >= 4 is 5.91 Å². The molecule has 116 valence electrons. The van der Waals surface area contributed by atoms with E-state index in [9.17, 15) is 18.0 Å². The number of halogens is 3. The zero-order chi connectivity index (χ0) is 15.3. The summed E-state index contributed by atoms with van der Waals surface area (Å²) in [6.45, 7) is 1.59. The van der Waals surface area contributed by atoms with Crippen molar-refractivity contribution < 1.29 is 22.7 Å². The molecule has 0 spiro atoms. The molecule has 0 saturated carbocycles. The molecule has 7 heteroatoms. The summed E-state index contributed by atoms with van der Waals surface area (Å²) >= 11 is 0. The van der Waals surface area contributed by atoms with Gasteiger partial charge in [-0.15, -0.1) is 13.2 Å². The minimum absolute atomic E-state index is 0.0228. The monoisotopic (exact) mass is 302 g/mol. The zero-order valence-corrected chi connectivity index (χ0v) is 11.4. The Hall–Kier alpha value is -1.76.